The largest absolute Gasteiger partial charge is 0.435 e. The first-order valence-corrected chi connectivity index (χ1v) is 10.3. The molecule has 1 aliphatic rings. The molecule has 2 aromatic carbocycles. The number of fused-ring (bicyclic) bond motifs is 1. The Morgan fingerprint density at radius 2 is 1.69 bits per heavy atom. The second-order valence-electron chi connectivity index (χ2n) is 7.45. The van der Waals surface area contributed by atoms with Crippen molar-refractivity contribution in [1.82, 2.24) is 20.4 Å². The molecule has 0 radical (unpaired) electrons. The summed E-state index contributed by atoms with van der Waals surface area (Å²) < 4.78 is 46.4. The van der Waals surface area contributed by atoms with E-state index in [0.717, 1.165) is 11.1 Å². The van der Waals surface area contributed by atoms with E-state index in [1.165, 1.54) is 4.68 Å². The van der Waals surface area contributed by atoms with Crippen molar-refractivity contribution >= 4 is 6.03 Å². The summed E-state index contributed by atoms with van der Waals surface area (Å²) in [6.45, 7) is 0.509. The molecule has 4 rings (SSSR count). The van der Waals surface area contributed by atoms with Crippen molar-refractivity contribution in [2.45, 2.75) is 31.8 Å². The Morgan fingerprint density at radius 1 is 1.06 bits per heavy atom. The molecule has 0 bridgehead atoms. The number of benzene rings is 2. The van der Waals surface area contributed by atoms with Gasteiger partial charge in [-0.1, -0.05) is 60.7 Å². The van der Waals surface area contributed by atoms with Crippen LogP contribution in [0.15, 0.2) is 60.7 Å². The van der Waals surface area contributed by atoms with Gasteiger partial charge >= 0.3 is 12.2 Å². The van der Waals surface area contributed by atoms with Gasteiger partial charge < -0.3 is 15.4 Å². The highest BCUT2D eigenvalue weighted by Crippen LogP contribution is 2.34. The van der Waals surface area contributed by atoms with Crippen LogP contribution in [0.3, 0.4) is 0 Å². The summed E-state index contributed by atoms with van der Waals surface area (Å²) in [5.74, 6) is 0. The molecule has 0 spiro atoms. The Bertz CT molecular complexity index is 1010. The Kier molecular flexibility index (Phi) is 6.45. The number of carbonyl (C=O) groups excluding carboxylic acids is 1. The second-order valence-corrected chi connectivity index (χ2v) is 7.45. The molecule has 9 heteroatoms. The molecular formula is C23H23F3N4O2. The van der Waals surface area contributed by atoms with Gasteiger partial charge in [0.15, 0.2) is 5.69 Å². The van der Waals surface area contributed by atoms with Crippen LogP contribution in [0.4, 0.5) is 18.0 Å². The van der Waals surface area contributed by atoms with Crippen molar-refractivity contribution < 1.29 is 22.7 Å². The van der Waals surface area contributed by atoms with Crippen molar-refractivity contribution in [3.63, 3.8) is 0 Å². The van der Waals surface area contributed by atoms with Gasteiger partial charge in [0.05, 0.1) is 25.8 Å². The van der Waals surface area contributed by atoms with E-state index >= 15 is 0 Å². The average molecular weight is 444 g/mol. The number of urea groups is 1. The van der Waals surface area contributed by atoms with E-state index < -0.39 is 17.9 Å². The Hall–Kier alpha value is -3.33. The molecule has 32 heavy (non-hydrogen) atoms. The fraction of sp³-hybridized carbons (Fsp3) is 0.304. The van der Waals surface area contributed by atoms with E-state index in [1.807, 2.05) is 60.7 Å². The van der Waals surface area contributed by atoms with Crippen LogP contribution in [-0.4, -0.2) is 29.0 Å². The lowest BCUT2D eigenvalue weighted by atomic mass is 9.99. The first-order valence-electron chi connectivity index (χ1n) is 10.3. The predicted molar refractivity (Wildman–Crippen MR) is 112 cm³/mol. The van der Waals surface area contributed by atoms with Crippen molar-refractivity contribution in [2.24, 2.45) is 0 Å². The van der Waals surface area contributed by atoms with E-state index in [9.17, 15) is 18.0 Å². The molecule has 3 aromatic rings. The topological polar surface area (TPSA) is 68.2 Å². The fourth-order valence-electron chi connectivity index (χ4n) is 3.83. The highest BCUT2D eigenvalue weighted by molar-refractivity contribution is 5.75. The highest BCUT2D eigenvalue weighted by Gasteiger charge is 2.39. The van der Waals surface area contributed by atoms with Crippen molar-refractivity contribution in [3.05, 3.63) is 88.7 Å². The molecule has 2 heterocycles. The third-order valence-electron chi connectivity index (χ3n) is 5.31. The zero-order valence-corrected chi connectivity index (χ0v) is 17.2. The number of nitrogens with one attached hydrogen (secondary N) is 2. The molecular weight excluding hydrogens is 421 g/mol. The molecule has 168 valence electrons. The molecule has 0 fully saturated rings. The SMILES string of the molecule is O=C(NCCn1nc(C(F)(F)F)c2c1CCOC2)NC(c1ccccc1)c1ccccc1. The molecule has 2 N–H and O–H groups in total. The third-order valence-corrected chi connectivity index (χ3v) is 5.31. The number of ether oxygens (including phenoxy) is 1. The smallest absolute Gasteiger partial charge is 0.376 e. The van der Waals surface area contributed by atoms with Crippen molar-refractivity contribution in [2.75, 3.05) is 13.2 Å². The normalized spacial score (nSPS) is 13.6. The maximum atomic E-state index is 13.3. The van der Waals surface area contributed by atoms with Crippen LogP contribution in [0, 0.1) is 0 Å². The quantitative estimate of drug-likeness (QED) is 0.603. The van der Waals surface area contributed by atoms with Gasteiger partial charge in [0.2, 0.25) is 0 Å². The maximum Gasteiger partial charge on any atom is 0.435 e. The van der Waals surface area contributed by atoms with Crippen LogP contribution in [0.25, 0.3) is 0 Å². The van der Waals surface area contributed by atoms with E-state index in [0.29, 0.717) is 18.7 Å². The summed E-state index contributed by atoms with van der Waals surface area (Å²) in [6.07, 6.45) is -4.19. The van der Waals surface area contributed by atoms with Gasteiger partial charge in [0.25, 0.3) is 0 Å². The Morgan fingerprint density at radius 3 is 2.28 bits per heavy atom. The number of halogens is 3. The van der Waals surface area contributed by atoms with E-state index in [4.69, 9.17) is 4.74 Å². The van der Waals surface area contributed by atoms with Crippen LogP contribution in [-0.2, 0) is 30.5 Å². The summed E-state index contributed by atoms with van der Waals surface area (Å²) in [4.78, 5) is 12.6. The number of nitrogens with zero attached hydrogens (tertiary/aromatic N) is 2. The lowest BCUT2D eigenvalue weighted by Gasteiger charge is -2.20. The molecule has 0 atom stereocenters. The maximum absolute atomic E-state index is 13.3. The molecule has 1 aromatic heterocycles. The molecule has 6 nitrogen and oxygen atoms in total. The van der Waals surface area contributed by atoms with Crippen LogP contribution in [0.1, 0.15) is 34.1 Å². The average Bonchev–Trinajstić information content (AvgIpc) is 3.18. The minimum atomic E-state index is -4.54. The van der Waals surface area contributed by atoms with E-state index in [1.54, 1.807) is 0 Å². The number of rotatable bonds is 6. The van der Waals surface area contributed by atoms with Gasteiger partial charge in [-0.25, -0.2) is 4.79 Å². The number of carbonyl (C=O) groups is 1. The first-order chi connectivity index (χ1) is 15.4. The summed E-state index contributed by atoms with van der Waals surface area (Å²) in [5, 5.41) is 9.44. The summed E-state index contributed by atoms with van der Waals surface area (Å²) in [5.41, 5.74) is 1.53. The monoisotopic (exact) mass is 444 g/mol. The van der Waals surface area contributed by atoms with Gasteiger partial charge in [-0.15, -0.1) is 0 Å². The second kappa shape index (κ2) is 9.44. The Labute approximate surface area is 183 Å². The van der Waals surface area contributed by atoms with Gasteiger partial charge in [-0.2, -0.15) is 18.3 Å². The standard InChI is InChI=1S/C23H23F3N4O2/c24-23(25,26)21-18-15-32-14-11-19(18)30(29-21)13-12-27-22(31)28-20(16-7-3-1-4-8-16)17-9-5-2-6-10-17/h1-10,20H,11-15H2,(H2,27,28,31). The van der Waals surface area contributed by atoms with Crippen LogP contribution in [0.2, 0.25) is 0 Å². The zero-order chi connectivity index (χ0) is 22.6. The van der Waals surface area contributed by atoms with Gasteiger partial charge in [-0.3, -0.25) is 4.68 Å². The summed E-state index contributed by atoms with van der Waals surface area (Å²) in [6, 6.07) is 18.3. The van der Waals surface area contributed by atoms with Crippen LogP contribution < -0.4 is 10.6 Å². The molecule has 1 aliphatic heterocycles. The Balaban J connectivity index is 1.42. The summed E-state index contributed by atoms with van der Waals surface area (Å²) in [7, 11) is 0. The van der Waals surface area contributed by atoms with Gasteiger partial charge in [0.1, 0.15) is 0 Å². The number of hydrogen-bond donors (Lipinski definition) is 2. The lowest BCUT2D eigenvalue weighted by molar-refractivity contribution is -0.142. The van der Waals surface area contributed by atoms with Gasteiger partial charge in [-0.05, 0) is 11.1 Å². The predicted octanol–water partition coefficient (Wildman–Crippen LogP) is 4.06. The number of aromatic nitrogens is 2. The molecule has 0 aliphatic carbocycles. The van der Waals surface area contributed by atoms with Crippen LogP contribution in [0.5, 0.6) is 0 Å². The fourth-order valence-corrected chi connectivity index (χ4v) is 3.83. The van der Waals surface area contributed by atoms with Crippen LogP contribution >= 0.6 is 0 Å². The zero-order valence-electron chi connectivity index (χ0n) is 17.2. The number of amides is 2. The van der Waals surface area contributed by atoms with Gasteiger partial charge in [0, 0.05) is 24.2 Å². The van der Waals surface area contributed by atoms with E-state index in [-0.39, 0.29) is 31.3 Å². The van der Waals surface area contributed by atoms with Crippen molar-refractivity contribution in [1.29, 1.82) is 0 Å². The molecule has 0 saturated carbocycles. The highest BCUT2D eigenvalue weighted by atomic mass is 19.4. The minimum Gasteiger partial charge on any atom is -0.376 e. The lowest BCUT2D eigenvalue weighted by Crippen LogP contribution is -2.40. The van der Waals surface area contributed by atoms with E-state index in [2.05, 4.69) is 15.7 Å². The molecule has 0 unspecified atom stereocenters. The summed E-state index contributed by atoms with van der Waals surface area (Å²) >= 11 is 0. The number of alkyl halides is 3. The first kappa shape index (κ1) is 21.9. The van der Waals surface area contributed by atoms with Crippen molar-refractivity contribution in [3.8, 4) is 0 Å². The molecule has 0 saturated heterocycles. The minimum absolute atomic E-state index is 0.0846. The third kappa shape index (κ3) is 4.94. The number of hydrogen-bond acceptors (Lipinski definition) is 3. The molecule has 2 amide bonds.